The molecular weight excluding hydrogens is 257 g/mol. The highest BCUT2D eigenvalue weighted by Crippen LogP contribution is 2.27. The maximum atomic E-state index is 12.9. The Labute approximate surface area is 107 Å². The molecule has 1 aromatic heterocycles. The Morgan fingerprint density at radius 3 is 2.63 bits per heavy atom. The topological polar surface area (TPSA) is 42.7 Å². The third-order valence-electron chi connectivity index (χ3n) is 3.15. The van der Waals surface area contributed by atoms with E-state index in [1.807, 2.05) is 0 Å². The lowest BCUT2D eigenvalue weighted by atomic mass is 10.0. The quantitative estimate of drug-likeness (QED) is 0.906. The zero-order valence-electron chi connectivity index (χ0n) is 9.85. The summed E-state index contributed by atoms with van der Waals surface area (Å²) < 4.78 is 39.9. The molecule has 100 valence electrons. The van der Waals surface area contributed by atoms with Gasteiger partial charge in [0.05, 0.1) is 6.04 Å². The molecule has 7 heteroatoms. The van der Waals surface area contributed by atoms with E-state index < -0.39 is 6.43 Å². The van der Waals surface area contributed by atoms with Crippen molar-refractivity contribution in [2.24, 2.45) is 0 Å². The molecule has 0 aliphatic carbocycles. The summed E-state index contributed by atoms with van der Waals surface area (Å²) in [5.74, 6) is -0.217. The lowest BCUT2D eigenvalue weighted by Gasteiger charge is -2.25. The minimum Gasteiger partial charge on any atom is -0.307 e. The zero-order valence-corrected chi connectivity index (χ0v) is 9.85. The SMILES string of the molecule is Fc1ccc([C@H]2NCCn3c(C(F)F)nnc32)cc1. The van der Waals surface area contributed by atoms with Crippen LogP contribution in [0, 0.1) is 5.82 Å². The van der Waals surface area contributed by atoms with Crippen molar-refractivity contribution in [2.45, 2.75) is 19.0 Å². The molecule has 0 unspecified atom stereocenters. The van der Waals surface area contributed by atoms with E-state index in [0.717, 1.165) is 5.56 Å². The molecule has 0 bridgehead atoms. The summed E-state index contributed by atoms with van der Waals surface area (Å²) in [5.41, 5.74) is 0.774. The minimum atomic E-state index is -2.65. The van der Waals surface area contributed by atoms with Gasteiger partial charge in [-0.15, -0.1) is 10.2 Å². The second-order valence-corrected chi connectivity index (χ2v) is 4.31. The fourth-order valence-corrected chi connectivity index (χ4v) is 2.27. The second-order valence-electron chi connectivity index (χ2n) is 4.31. The molecule has 2 heterocycles. The highest BCUT2D eigenvalue weighted by atomic mass is 19.3. The number of benzene rings is 1. The second kappa shape index (κ2) is 4.65. The standard InChI is InChI=1S/C12H11F3N4/c13-8-3-1-7(2-4-8)9-11-17-18-12(10(14)15)19(11)6-5-16-9/h1-4,9-10,16H,5-6H2/t9-/m1/s1. The van der Waals surface area contributed by atoms with Crippen LogP contribution >= 0.6 is 0 Å². The van der Waals surface area contributed by atoms with Crippen LogP contribution < -0.4 is 5.32 Å². The van der Waals surface area contributed by atoms with Crippen LogP contribution in [0.3, 0.4) is 0 Å². The fraction of sp³-hybridized carbons (Fsp3) is 0.333. The van der Waals surface area contributed by atoms with Crippen LogP contribution in [-0.2, 0) is 6.54 Å². The van der Waals surface area contributed by atoms with Gasteiger partial charge in [-0.25, -0.2) is 13.2 Å². The van der Waals surface area contributed by atoms with Crippen LogP contribution in [0.1, 0.15) is 29.7 Å². The number of fused-ring (bicyclic) bond motifs is 1. The van der Waals surface area contributed by atoms with Crippen molar-refractivity contribution in [3.05, 3.63) is 47.3 Å². The van der Waals surface area contributed by atoms with Crippen molar-refractivity contribution < 1.29 is 13.2 Å². The predicted octanol–water partition coefficient (Wildman–Crippen LogP) is 2.05. The summed E-state index contributed by atoms with van der Waals surface area (Å²) in [5, 5.41) is 10.5. The fourth-order valence-electron chi connectivity index (χ4n) is 2.27. The lowest BCUT2D eigenvalue weighted by molar-refractivity contribution is 0.133. The zero-order chi connectivity index (χ0) is 13.4. The molecule has 1 aromatic carbocycles. The van der Waals surface area contributed by atoms with E-state index in [9.17, 15) is 13.2 Å². The molecule has 1 aliphatic heterocycles. The van der Waals surface area contributed by atoms with Crippen LogP contribution in [-0.4, -0.2) is 21.3 Å². The summed E-state index contributed by atoms with van der Waals surface area (Å²) in [7, 11) is 0. The highest BCUT2D eigenvalue weighted by molar-refractivity contribution is 5.26. The molecule has 0 saturated carbocycles. The van der Waals surface area contributed by atoms with Gasteiger partial charge in [0.1, 0.15) is 5.82 Å². The number of aromatic nitrogens is 3. The van der Waals surface area contributed by atoms with Gasteiger partial charge in [0.2, 0.25) is 0 Å². The summed E-state index contributed by atoms with van der Waals surface area (Å²) in [4.78, 5) is 0. The Morgan fingerprint density at radius 2 is 1.95 bits per heavy atom. The van der Waals surface area contributed by atoms with Gasteiger partial charge in [-0.1, -0.05) is 12.1 Å². The average Bonchev–Trinajstić information content (AvgIpc) is 2.83. The van der Waals surface area contributed by atoms with Gasteiger partial charge in [-0.3, -0.25) is 0 Å². The molecule has 1 aliphatic rings. The minimum absolute atomic E-state index is 0.316. The van der Waals surface area contributed by atoms with Crippen LogP contribution in [0.15, 0.2) is 24.3 Å². The third kappa shape index (κ3) is 2.10. The molecule has 4 nitrogen and oxygen atoms in total. The monoisotopic (exact) mass is 268 g/mol. The van der Waals surface area contributed by atoms with Crippen LogP contribution in [0.25, 0.3) is 0 Å². The van der Waals surface area contributed by atoms with Gasteiger partial charge < -0.3 is 9.88 Å². The van der Waals surface area contributed by atoms with Gasteiger partial charge >= 0.3 is 0 Å². The molecule has 3 rings (SSSR count). The molecule has 0 saturated heterocycles. The number of nitrogens with zero attached hydrogens (tertiary/aromatic N) is 3. The number of alkyl halides is 2. The normalized spacial score (nSPS) is 18.6. The lowest BCUT2D eigenvalue weighted by Crippen LogP contribution is -2.35. The first-order valence-electron chi connectivity index (χ1n) is 5.87. The van der Waals surface area contributed by atoms with Gasteiger partial charge in [0, 0.05) is 13.1 Å². The molecule has 0 spiro atoms. The van der Waals surface area contributed by atoms with Crippen LogP contribution in [0.2, 0.25) is 0 Å². The van der Waals surface area contributed by atoms with Gasteiger partial charge in [0.25, 0.3) is 6.43 Å². The van der Waals surface area contributed by atoms with E-state index in [-0.39, 0.29) is 17.7 Å². The van der Waals surface area contributed by atoms with Gasteiger partial charge in [-0.05, 0) is 17.7 Å². The Bertz CT molecular complexity index is 579. The van der Waals surface area contributed by atoms with Gasteiger partial charge in [-0.2, -0.15) is 0 Å². The van der Waals surface area contributed by atoms with Crippen molar-refractivity contribution in [1.82, 2.24) is 20.1 Å². The summed E-state index contributed by atoms with van der Waals surface area (Å²) in [6.07, 6.45) is -2.65. The van der Waals surface area contributed by atoms with E-state index in [0.29, 0.717) is 18.9 Å². The van der Waals surface area contributed by atoms with E-state index in [1.165, 1.54) is 16.7 Å². The number of rotatable bonds is 2. The molecule has 1 N–H and O–H groups in total. The Kier molecular flexibility index (Phi) is 2.98. The smallest absolute Gasteiger partial charge is 0.297 e. The van der Waals surface area contributed by atoms with E-state index in [4.69, 9.17) is 0 Å². The molecule has 1 atom stereocenters. The van der Waals surface area contributed by atoms with Crippen LogP contribution in [0.5, 0.6) is 0 Å². The predicted molar refractivity (Wildman–Crippen MR) is 61.2 cm³/mol. The van der Waals surface area contributed by atoms with Crippen molar-refractivity contribution in [1.29, 1.82) is 0 Å². The highest BCUT2D eigenvalue weighted by Gasteiger charge is 2.28. The number of hydrogen-bond donors (Lipinski definition) is 1. The van der Waals surface area contributed by atoms with Crippen LogP contribution in [0.4, 0.5) is 13.2 Å². The van der Waals surface area contributed by atoms with E-state index in [2.05, 4.69) is 15.5 Å². The molecule has 0 fully saturated rings. The Morgan fingerprint density at radius 1 is 1.21 bits per heavy atom. The van der Waals surface area contributed by atoms with E-state index in [1.54, 1.807) is 12.1 Å². The number of hydrogen-bond acceptors (Lipinski definition) is 3. The maximum Gasteiger partial charge on any atom is 0.297 e. The van der Waals surface area contributed by atoms with E-state index >= 15 is 0 Å². The molecular formula is C12H11F3N4. The first kappa shape index (κ1) is 12.2. The van der Waals surface area contributed by atoms with Crippen molar-refractivity contribution in [2.75, 3.05) is 6.54 Å². The first-order chi connectivity index (χ1) is 9.16. The molecule has 0 amide bonds. The summed E-state index contributed by atoms with van der Waals surface area (Å²) in [6.45, 7) is 0.937. The Hall–Kier alpha value is -1.89. The summed E-state index contributed by atoms with van der Waals surface area (Å²) >= 11 is 0. The Balaban J connectivity index is 2.01. The number of nitrogens with one attached hydrogen (secondary N) is 1. The van der Waals surface area contributed by atoms with Crippen molar-refractivity contribution in [3.63, 3.8) is 0 Å². The van der Waals surface area contributed by atoms with Gasteiger partial charge in [0.15, 0.2) is 11.6 Å². The molecule has 2 aromatic rings. The molecule has 19 heavy (non-hydrogen) atoms. The summed E-state index contributed by atoms with van der Waals surface area (Å²) in [6, 6.07) is 5.55. The molecule has 0 radical (unpaired) electrons. The third-order valence-corrected chi connectivity index (χ3v) is 3.15. The maximum absolute atomic E-state index is 12.9. The largest absolute Gasteiger partial charge is 0.307 e. The first-order valence-corrected chi connectivity index (χ1v) is 5.87. The average molecular weight is 268 g/mol. The number of halogens is 3. The van der Waals surface area contributed by atoms with Crippen molar-refractivity contribution >= 4 is 0 Å². The van der Waals surface area contributed by atoms with Crippen molar-refractivity contribution in [3.8, 4) is 0 Å².